The van der Waals surface area contributed by atoms with Gasteiger partial charge in [0.1, 0.15) is 5.76 Å². The number of piperazine rings is 1. The molecule has 1 fully saturated rings. The Morgan fingerprint density at radius 3 is 2.77 bits per heavy atom. The summed E-state index contributed by atoms with van der Waals surface area (Å²) in [5.41, 5.74) is 0.893. The lowest BCUT2D eigenvalue weighted by Crippen LogP contribution is -2.50. The Bertz CT molecular complexity index is 991. The Labute approximate surface area is 176 Å². The number of carbonyl (C=O) groups excluding carboxylic acids is 2. The maximum atomic E-state index is 12.5. The molecule has 0 spiro atoms. The number of nitrogens with zero attached hydrogens (tertiary/aromatic N) is 5. The minimum atomic E-state index is -0.152. The van der Waals surface area contributed by atoms with Crippen LogP contribution >= 0.6 is 11.3 Å². The molecule has 1 aliphatic rings. The molecule has 2 amide bonds. The second-order valence-corrected chi connectivity index (χ2v) is 7.82. The maximum absolute atomic E-state index is 12.5. The molecule has 30 heavy (non-hydrogen) atoms. The minimum Gasteiger partial charge on any atom is -0.421 e. The van der Waals surface area contributed by atoms with Crippen molar-refractivity contribution in [2.24, 2.45) is 0 Å². The van der Waals surface area contributed by atoms with Crippen molar-refractivity contribution < 1.29 is 18.5 Å². The Balaban J connectivity index is 1.18. The SMILES string of the molecule is Cc1cc(NC(=O)CN2CCN(C(=O)CCc3nnc(-c4ccsc4)o3)CC2)no1. The molecular formula is C19H22N6O4S. The van der Waals surface area contributed by atoms with Gasteiger partial charge in [0.25, 0.3) is 0 Å². The van der Waals surface area contributed by atoms with E-state index >= 15 is 0 Å². The number of hydrogen-bond donors (Lipinski definition) is 1. The van der Waals surface area contributed by atoms with Gasteiger partial charge in [-0.3, -0.25) is 14.5 Å². The van der Waals surface area contributed by atoms with E-state index in [1.165, 1.54) is 0 Å². The number of carbonyl (C=O) groups is 2. The minimum absolute atomic E-state index is 0.0486. The van der Waals surface area contributed by atoms with Crippen LogP contribution in [0.15, 0.2) is 31.8 Å². The van der Waals surface area contributed by atoms with E-state index in [1.54, 1.807) is 24.3 Å². The van der Waals surface area contributed by atoms with E-state index < -0.39 is 0 Å². The van der Waals surface area contributed by atoms with Crippen molar-refractivity contribution in [3.63, 3.8) is 0 Å². The standard InChI is InChI=1S/C19H22N6O4S/c1-13-10-15(23-29-13)20-16(26)11-24-5-7-25(8-6-24)18(27)3-2-17-21-22-19(28-17)14-4-9-30-12-14/h4,9-10,12H,2-3,5-8,11H2,1H3,(H,20,23,26). The van der Waals surface area contributed by atoms with Gasteiger partial charge >= 0.3 is 0 Å². The van der Waals surface area contributed by atoms with Crippen molar-refractivity contribution in [2.45, 2.75) is 19.8 Å². The van der Waals surface area contributed by atoms with Crippen LogP contribution in [-0.4, -0.2) is 69.7 Å². The number of thiophene rings is 1. The second-order valence-electron chi connectivity index (χ2n) is 7.04. The lowest BCUT2D eigenvalue weighted by Gasteiger charge is -2.34. The second kappa shape index (κ2) is 9.18. The van der Waals surface area contributed by atoms with Gasteiger partial charge in [-0.05, 0) is 18.4 Å². The Kier molecular flexibility index (Phi) is 6.19. The number of anilines is 1. The molecule has 0 atom stereocenters. The van der Waals surface area contributed by atoms with Gasteiger partial charge < -0.3 is 19.2 Å². The molecule has 0 radical (unpaired) electrons. The largest absolute Gasteiger partial charge is 0.421 e. The molecule has 0 saturated carbocycles. The fourth-order valence-electron chi connectivity index (χ4n) is 3.20. The average molecular weight is 430 g/mol. The average Bonchev–Trinajstić information content (AvgIpc) is 3.48. The fourth-order valence-corrected chi connectivity index (χ4v) is 3.83. The van der Waals surface area contributed by atoms with Gasteiger partial charge in [-0.15, -0.1) is 10.2 Å². The third-order valence-corrected chi connectivity index (χ3v) is 5.46. The summed E-state index contributed by atoms with van der Waals surface area (Å²) in [6.07, 6.45) is 0.729. The summed E-state index contributed by atoms with van der Waals surface area (Å²) in [7, 11) is 0. The number of aromatic nitrogens is 3. The molecule has 0 unspecified atom stereocenters. The van der Waals surface area contributed by atoms with Crippen LogP contribution in [0.5, 0.6) is 0 Å². The van der Waals surface area contributed by atoms with E-state index in [9.17, 15) is 9.59 Å². The zero-order chi connectivity index (χ0) is 20.9. The van der Waals surface area contributed by atoms with E-state index in [2.05, 4.69) is 20.7 Å². The summed E-state index contributed by atoms with van der Waals surface area (Å²) in [6, 6.07) is 3.58. The molecule has 0 aliphatic carbocycles. The van der Waals surface area contributed by atoms with Crippen LogP contribution in [0, 0.1) is 6.92 Å². The Morgan fingerprint density at radius 2 is 2.07 bits per heavy atom. The van der Waals surface area contributed by atoms with E-state index in [4.69, 9.17) is 8.94 Å². The van der Waals surface area contributed by atoms with Crippen LogP contribution in [0.4, 0.5) is 5.82 Å². The highest BCUT2D eigenvalue weighted by atomic mass is 32.1. The van der Waals surface area contributed by atoms with Gasteiger partial charge in [0.15, 0.2) is 5.82 Å². The highest BCUT2D eigenvalue weighted by Gasteiger charge is 2.23. The molecule has 10 nitrogen and oxygen atoms in total. The molecule has 0 aromatic carbocycles. The normalized spacial score (nSPS) is 14.8. The predicted octanol–water partition coefficient (Wildman–Crippen LogP) is 1.81. The molecule has 3 aromatic heterocycles. The van der Waals surface area contributed by atoms with Gasteiger partial charge in [-0.25, -0.2) is 0 Å². The van der Waals surface area contributed by atoms with Crippen molar-refractivity contribution in [3.05, 3.63) is 34.5 Å². The van der Waals surface area contributed by atoms with Crippen molar-refractivity contribution in [1.29, 1.82) is 0 Å². The van der Waals surface area contributed by atoms with Gasteiger partial charge in [0.2, 0.25) is 23.6 Å². The summed E-state index contributed by atoms with van der Waals surface area (Å²) < 4.78 is 10.6. The van der Waals surface area contributed by atoms with Gasteiger partial charge in [-0.1, -0.05) is 5.16 Å². The predicted molar refractivity (Wildman–Crippen MR) is 109 cm³/mol. The summed E-state index contributed by atoms with van der Waals surface area (Å²) >= 11 is 1.56. The van der Waals surface area contributed by atoms with Crippen LogP contribution in [0.1, 0.15) is 18.1 Å². The summed E-state index contributed by atoms with van der Waals surface area (Å²) in [4.78, 5) is 28.4. The zero-order valence-corrected chi connectivity index (χ0v) is 17.4. The van der Waals surface area contributed by atoms with E-state index in [-0.39, 0.29) is 18.4 Å². The molecule has 4 heterocycles. The molecule has 1 aliphatic heterocycles. The first-order valence-corrected chi connectivity index (χ1v) is 10.6. The maximum Gasteiger partial charge on any atom is 0.248 e. The number of nitrogens with one attached hydrogen (secondary N) is 1. The van der Waals surface area contributed by atoms with Gasteiger partial charge in [-0.2, -0.15) is 11.3 Å². The molecule has 0 bridgehead atoms. The van der Waals surface area contributed by atoms with Gasteiger partial charge in [0.05, 0.1) is 6.54 Å². The van der Waals surface area contributed by atoms with Crippen LogP contribution < -0.4 is 5.32 Å². The highest BCUT2D eigenvalue weighted by molar-refractivity contribution is 7.08. The van der Waals surface area contributed by atoms with E-state index in [0.29, 0.717) is 62.4 Å². The molecule has 11 heteroatoms. The number of aryl methyl sites for hydroxylation is 2. The van der Waals surface area contributed by atoms with Crippen LogP contribution in [-0.2, 0) is 16.0 Å². The van der Waals surface area contributed by atoms with Crippen LogP contribution in [0.25, 0.3) is 11.5 Å². The lowest BCUT2D eigenvalue weighted by atomic mass is 10.2. The lowest BCUT2D eigenvalue weighted by molar-refractivity contribution is -0.133. The molecule has 1 saturated heterocycles. The molecular weight excluding hydrogens is 408 g/mol. The first kappa shape index (κ1) is 20.2. The number of hydrogen-bond acceptors (Lipinski definition) is 9. The number of amides is 2. The monoisotopic (exact) mass is 430 g/mol. The zero-order valence-electron chi connectivity index (χ0n) is 16.5. The summed E-state index contributed by atoms with van der Waals surface area (Å²) in [5.74, 6) is 1.89. The summed E-state index contributed by atoms with van der Waals surface area (Å²) in [5, 5.41) is 18.4. The Morgan fingerprint density at radius 1 is 1.23 bits per heavy atom. The van der Waals surface area contributed by atoms with Crippen molar-refractivity contribution in [3.8, 4) is 11.5 Å². The van der Waals surface area contributed by atoms with Crippen molar-refractivity contribution >= 4 is 29.0 Å². The first-order chi connectivity index (χ1) is 14.6. The van der Waals surface area contributed by atoms with Crippen molar-refractivity contribution in [1.82, 2.24) is 25.2 Å². The molecule has 3 aromatic rings. The van der Waals surface area contributed by atoms with E-state index in [0.717, 1.165) is 5.56 Å². The van der Waals surface area contributed by atoms with Gasteiger partial charge in [0, 0.05) is 56.0 Å². The quantitative estimate of drug-likeness (QED) is 0.603. The van der Waals surface area contributed by atoms with Crippen LogP contribution in [0.2, 0.25) is 0 Å². The summed E-state index contributed by atoms with van der Waals surface area (Å²) in [6.45, 7) is 4.46. The van der Waals surface area contributed by atoms with Crippen molar-refractivity contribution in [2.75, 3.05) is 38.0 Å². The third-order valence-electron chi connectivity index (χ3n) is 4.78. The first-order valence-electron chi connectivity index (χ1n) is 9.65. The highest BCUT2D eigenvalue weighted by Crippen LogP contribution is 2.21. The van der Waals surface area contributed by atoms with E-state index in [1.807, 2.05) is 26.6 Å². The third kappa shape index (κ3) is 5.10. The molecule has 4 rings (SSSR count). The number of rotatable bonds is 7. The smallest absolute Gasteiger partial charge is 0.248 e. The fraction of sp³-hybridized carbons (Fsp3) is 0.421. The van der Waals surface area contributed by atoms with Crippen LogP contribution in [0.3, 0.4) is 0 Å². The Hall–Kier alpha value is -3.05. The topological polar surface area (TPSA) is 118 Å². The molecule has 1 N–H and O–H groups in total. The molecule has 158 valence electrons.